The van der Waals surface area contributed by atoms with E-state index in [-0.39, 0.29) is 12.5 Å². The molecule has 3 aromatic rings. The highest BCUT2D eigenvalue weighted by Crippen LogP contribution is 2.19. The van der Waals surface area contributed by atoms with E-state index in [4.69, 9.17) is 16.3 Å². The normalized spacial score (nSPS) is 11.6. The molecule has 1 atom stereocenters. The smallest absolute Gasteiger partial charge is 0.407 e. The predicted molar refractivity (Wildman–Crippen MR) is 112 cm³/mol. The van der Waals surface area contributed by atoms with Crippen molar-refractivity contribution in [3.63, 3.8) is 0 Å². The summed E-state index contributed by atoms with van der Waals surface area (Å²) < 4.78 is 5.14. The first-order valence-corrected chi connectivity index (χ1v) is 9.36. The predicted octanol–water partition coefficient (Wildman–Crippen LogP) is 4.79. The molecule has 2 N–H and O–H groups in total. The molecule has 5 nitrogen and oxygen atoms in total. The van der Waals surface area contributed by atoms with Crippen molar-refractivity contribution in [2.75, 3.05) is 11.9 Å². The molecule has 0 fully saturated rings. The van der Waals surface area contributed by atoms with Gasteiger partial charge in [-0.2, -0.15) is 0 Å². The van der Waals surface area contributed by atoms with Gasteiger partial charge in [-0.05, 0) is 47.5 Å². The van der Waals surface area contributed by atoms with E-state index in [1.165, 1.54) is 0 Å². The Morgan fingerprint density at radius 1 is 1.00 bits per heavy atom. The summed E-state index contributed by atoms with van der Waals surface area (Å²) in [5.74, 6) is -0.318. The molecule has 0 aliphatic carbocycles. The van der Waals surface area contributed by atoms with Crippen LogP contribution in [0.4, 0.5) is 10.5 Å². The number of rotatable bonds is 6. The molecule has 0 radical (unpaired) electrons. The number of fused-ring (bicyclic) bond motifs is 1. The van der Waals surface area contributed by atoms with Gasteiger partial charge in [0.25, 0.3) is 0 Å². The summed E-state index contributed by atoms with van der Waals surface area (Å²) in [6.45, 7) is 1.81. The van der Waals surface area contributed by atoms with Crippen molar-refractivity contribution in [3.8, 4) is 0 Å². The molecule has 0 bridgehead atoms. The summed E-state index contributed by atoms with van der Waals surface area (Å²) in [5, 5.41) is 8.10. The number of benzene rings is 3. The first kappa shape index (κ1) is 19.7. The lowest BCUT2D eigenvalue weighted by Crippen LogP contribution is -2.42. The van der Waals surface area contributed by atoms with Crippen molar-refractivity contribution < 1.29 is 14.3 Å². The van der Waals surface area contributed by atoms with Crippen molar-refractivity contribution >= 4 is 40.1 Å². The van der Waals surface area contributed by atoms with Gasteiger partial charge in [-0.25, -0.2) is 4.79 Å². The number of carbonyl (C=O) groups excluding carboxylic acids is 2. The van der Waals surface area contributed by atoms with Crippen LogP contribution in [0.5, 0.6) is 0 Å². The average Bonchev–Trinajstić information content (AvgIpc) is 2.68. The Balaban J connectivity index is 1.46. The average molecular weight is 397 g/mol. The lowest BCUT2D eigenvalue weighted by atomic mass is 10.1. The Kier molecular flexibility index (Phi) is 6.50. The highest BCUT2D eigenvalue weighted by molar-refractivity contribution is 6.30. The van der Waals surface area contributed by atoms with Crippen LogP contribution < -0.4 is 10.6 Å². The second-order valence-corrected chi connectivity index (χ2v) is 6.87. The van der Waals surface area contributed by atoms with Crippen molar-refractivity contribution in [1.82, 2.24) is 5.32 Å². The standard InChI is InChI=1S/C22H21ClN2O3/c1-15(24-22(27)28-12-11-16-5-4-8-19(23)13-16)21(26)25-20-10-9-17-6-2-3-7-18(17)14-20/h2-10,13-15H,11-12H2,1H3,(H,24,27)(H,25,26). The number of nitrogens with one attached hydrogen (secondary N) is 2. The molecule has 6 heteroatoms. The van der Waals surface area contributed by atoms with Gasteiger partial charge in [0.1, 0.15) is 6.04 Å². The number of anilines is 1. The Labute approximate surface area is 168 Å². The number of ether oxygens (including phenoxy) is 1. The van der Waals surface area contributed by atoms with Crippen LogP contribution in [-0.4, -0.2) is 24.6 Å². The number of amides is 2. The van der Waals surface area contributed by atoms with Gasteiger partial charge in [0.05, 0.1) is 6.61 Å². The van der Waals surface area contributed by atoms with Crippen LogP contribution in [0.1, 0.15) is 12.5 Å². The summed E-state index contributed by atoms with van der Waals surface area (Å²) in [7, 11) is 0. The fourth-order valence-corrected chi connectivity index (χ4v) is 2.97. The van der Waals surface area contributed by atoms with Gasteiger partial charge in [0, 0.05) is 17.1 Å². The Bertz CT molecular complexity index is 990. The summed E-state index contributed by atoms with van der Waals surface area (Å²) in [6.07, 6.45) is -0.0887. The molecule has 3 aromatic carbocycles. The van der Waals surface area contributed by atoms with E-state index >= 15 is 0 Å². The highest BCUT2D eigenvalue weighted by Gasteiger charge is 2.16. The largest absolute Gasteiger partial charge is 0.449 e. The first-order valence-electron chi connectivity index (χ1n) is 8.99. The monoisotopic (exact) mass is 396 g/mol. The van der Waals surface area contributed by atoms with Crippen LogP contribution in [0.25, 0.3) is 10.8 Å². The van der Waals surface area contributed by atoms with Crippen LogP contribution in [0, 0.1) is 0 Å². The molecule has 3 rings (SSSR count). The topological polar surface area (TPSA) is 67.4 Å². The molecule has 1 unspecified atom stereocenters. The van der Waals surface area contributed by atoms with Crippen LogP contribution in [0.3, 0.4) is 0 Å². The number of hydrogen-bond donors (Lipinski definition) is 2. The van der Waals surface area contributed by atoms with Crippen molar-refractivity contribution in [1.29, 1.82) is 0 Å². The maximum atomic E-state index is 12.3. The second-order valence-electron chi connectivity index (χ2n) is 6.43. The van der Waals surface area contributed by atoms with Crippen LogP contribution in [0.2, 0.25) is 5.02 Å². The molecule has 0 aromatic heterocycles. The quantitative estimate of drug-likeness (QED) is 0.629. The van der Waals surface area contributed by atoms with Crippen LogP contribution in [-0.2, 0) is 16.0 Å². The van der Waals surface area contributed by atoms with Gasteiger partial charge in [0.2, 0.25) is 5.91 Å². The van der Waals surface area contributed by atoms with Crippen LogP contribution >= 0.6 is 11.6 Å². The number of halogens is 1. The molecular weight excluding hydrogens is 376 g/mol. The number of hydrogen-bond acceptors (Lipinski definition) is 3. The third kappa shape index (κ3) is 5.47. The number of alkyl carbamates (subject to hydrolysis) is 1. The van der Waals surface area contributed by atoms with Gasteiger partial charge in [-0.3, -0.25) is 4.79 Å². The van der Waals surface area contributed by atoms with Gasteiger partial charge in [-0.1, -0.05) is 54.1 Å². The van der Waals surface area contributed by atoms with Gasteiger partial charge in [-0.15, -0.1) is 0 Å². The van der Waals surface area contributed by atoms with E-state index in [1.54, 1.807) is 13.0 Å². The third-order valence-corrected chi connectivity index (χ3v) is 4.49. The van der Waals surface area contributed by atoms with Crippen molar-refractivity contribution in [3.05, 3.63) is 77.3 Å². The third-order valence-electron chi connectivity index (χ3n) is 4.26. The van der Waals surface area contributed by atoms with Crippen molar-refractivity contribution in [2.24, 2.45) is 0 Å². The Morgan fingerprint density at radius 3 is 2.57 bits per heavy atom. The minimum Gasteiger partial charge on any atom is -0.449 e. The van der Waals surface area contributed by atoms with E-state index in [1.807, 2.05) is 60.7 Å². The maximum Gasteiger partial charge on any atom is 0.407 e. The van der Waals surface area contributed by atoms with Gasteiger partial charge in [0.15, 0.2) is 0 Å². The summed E-state index contributed by atoms with van der Waals surface area (Å²) in [5.41, 5.74) is 1.65. The molecule has 144 valence electrons. The summed E-state index contributed by atoms with van der Waals surface area (Å²) in [6, 6.07) is 20.2. The minimum absolute atomic E-state index is 0.200. The fraction of sp³-hybridized carbons (Fsp3) is 0.182. The molecule has 0 aliphatic heterocycles. The molecule has 0 spiro atoms. The van der Waals surface area contributed by atoms with Crippen molar-refractivity contribution in [2.45, 2.75) is 19.4 Å². The zero-order valence-electron chi connectivity index (χ0n) is 15.4. The summed E-state index contributed by atoms with van der Waals surface area (Å²) >= 11 is 5.92. The zero-order valence-corrected chi connectivity index (χ0v) is 16.2. The van der Waals surface area contributed by atoms with E-state index in [9.17, 15) is 9.59 Å². The van der Waals surface area contributed by atoms with E-state index in [0.29, 0.717) is 17.1 Å². The van der Waals surface area contributed by atoms with E-state index in [0.717, 1.165) is 16.3 Å². The maximum absolute atomic E-state index is 12.3. The SMILES string of the molecule is CC(NC(=O)OCCc1cccc(Cl)c1)C(=O)Nc1ccc2ccccc2c1. The van der Waals surface area contributed by atoms with Gasteiger partial charge < -0.3 is 15.4 Å². The zero-order chi connectivity index (χ0) is 19.9. The highest BCUT2D eigenvalue weighted by atomic mass is 35.5. The molecule has 0 heterocycles. The van der Waals surface area contributed by atoms with Gasteiger partial charge >= 0.3 is 6.09 Å². The second kappa shape index (κ2) is 9.24. The first-order chi connectivity index (χ1) is 13.5. The van der Waals surface area contributed by atoms with E-state index in [2.05, 4.69) is 10.6 Å². The van der Waals surface area contributed by atoms with E-state index < -0.39 is 12.1 Å². The lowest BCUT2D eigenvalue weighted by Gasteiger charge is -2.14. The fourth-order valence-electron chi connectivity index (χ4n) is 2.76. The molecule has 0 aliphatic rings. The summed E-state index contributed by atoms with van der Waals surface area (Å²) in [4.78, 5) is 24.2. The lowest BCUT2D eigenvalue weighted by molar-refractivity contribution is -0.117. The Morgan fingerprint density at radius 2 is 1.79 bits per heavy atom. The molecule has 2 amide bonds. The Hall–Kier alpha value is -3.05. The molecule has 0 saturated heterocycles. The number of carbonyl (C=O) groups is 2. The van der Waals surface area contributed by atoms with Crippen LogP contribution in [0.15, 0.2) is 66.7 Å². The molecule has 0 saturated carbocycles. The minimum atomic E-state index is -0.731. The molecular formula is C22H21ClN2O3. The molecule has 28 heavy (non-hydrogen) atoms.